The number of hydrogen-bond donors (Lipinski definition) is 2. The average molecular weight is 331 g/mol. The Morgan fingerprint density at radius 3 is 2.70 bits per heavy atom. The summed E-state index contributed by atoms with van der Waals surface area (Å²) in [6.45, 7) is 3.88. The molecule has 2 rings (SSSR count). The Morgan fingerprint density at radius 2 is 2.04 bits per heavy atom. The van der Waals surface area contributed by atoms with Gasteiger partial charge in [0.05, 0.1) is 6.04 Å². The maximum atomic E-state index is 12.3. The molecular formula is C17H21N3O2S. The Labute approximate surface area is 140 Å². The van der Waals surface area contributed by atoms with Crippen LogP contribution < -0.4 is 10.6 Å². The molecule has 0 bridgehead atoms. The summed E-state index contributed by atoms with van der Waals surface area (Å²) in [5.74, 6) is -0.115. The Hall–Kier alpha value is -2.34. The van der Waals surface area contributed by atoms with Crippen molar-refractivity contribution in [2.24, 2.45) is 0 Å². The molecule has 122 valence electrons. The quantitative estimate of drug-likeness (QED) is 0.879. The molecule has 1 heterocycles. The normalized spacial score (nSPS) is 11.6. The highest BCUT2D eigenvalue weighted by molar-refractivity contribution is 7.10. The van der Waals surface area contributed by atoms with Gasteiger partial charge in [-0.25, -0.2) is 4.79 Å². The number of nitrogens with zero attached hydrogens (tertiary/aromatic N) is 1. The van der Waals surface area contributed by atoms with E-state index in [2.05, 4.69) is 10.6 Å². The molecule has 0 spiro atoms. The van der Waals surface area contributed by atoms with Gasteiger partial charge in [0.2, 0.25) is 5.91 Å². The summed E-state index contributed by atoms with van der Waals surface area (Å²) in [4.78, 5) is 26.2. The number of nitrogens with one attached hydrogen (secondary N) is 2. The van der Waals surface area contributed by atoms with E-state index in [-0.39, 0.29) is 18.0 Å². The van der Waals surface area contributed by atoms with Crippen LogP contribution in [0.3, 0.4) is 0 Å². The molecule has 0 saturated carbocycles. The molecule has 2 aromatic rings. The van der Waals surface area contributed by atoms with Crippen LogP contribution in [-0.4, -0.2) is 23.9 Å². The number of benzene rings is 1. The number of anilines is 1. The third kappa shape index (κ3) is 4.82. The van der Waals surface area contributed by atoms with Gasteiger partial charge in [-0.05, 0) is 36.1 Å². The molecule has 0 aliphatic carbocycles. The van der Waals surface area contributed by atoms with Crippen molar-refractivity contribution >= 4 is 29.0 Å². The predicted molar refractivity (Wildman–Crippen MR) is 93.5 cm³/mol. The van der Waals surface area contributed by atoms with Crippen LogP contribution in [0.15, 0.2) is 41.8 Å². The molecule has 3 amide bonds. The van der Waals surface area contributed by atoms with Crippen molar-refractivity contribution in [1.82, 2.24) is 10.2 Å². The van der Waals surface area contributed by atoms with E-state index in [1.165, 1.54) is 6.92 Å². The van der Waals surface area contributed by atoms with Gasteiger partial charge in [0, 0.05) is 31.1 Å². The lowest BCUT2D eigenvalue weighted by Crippen LogP contribution is -2.38. The number of urea groups is 1. The maximum absolute atomic E-state index is 12.3. The number of amides is 3. The molecule has 0 aliphatic heterocycles. The van der Waals surface area contributed by atoms with Crippen LogP contribution in [0, 0.1) is 0 Å². The molecular weight excluding hydrogens is 310 g/mol. The van der Waals surface area contributed by atoms with Crippen molar-refractivity contribution in [1.29, 1.82) is 0 Å². The number of hydrogen-bond acceptors (Lipinski definition) is 3. The molecule has 5 nitrogen and oxygen atoms in total. The van der Waals surface area contributed by atoms with Crippen LogP contribution in [0.1, 0.15) is 30.3 Å². The Balaban J connectivity index is 1.92. The first-order valence-electron chi connectivity index (χ1n) is 7.38. The number of carbonyl (C=O) groups is 2. The summed E-state index contributed by atoms with van der Waals surface area (Å²) in [5, 5.41) is 7.64. The van der Waals surface area contributed by atoms with Gasteiger partial charge in [0.15, 0.2) is 0 Å². The second kappa shape index (κ2) is 7.78. The highest BCUT2D eigenvalue weighted by Crippen LogP contribution is 2.23. The second-order valence-corrected chi connectivity index (χ2v) is 6.32. The molecule has 23 heavy (non-hydrogen) atoms. The number of rotatable bonds is 5. The first-order chi connectivity index (χ1) is 11.0. The minimum atomic E-state index is -0.129. The van der Waals surface area contributed by atoms with Gasteiger partial charge in [-0.3, -0.25) is 4.79 Å². The third-order valence-electron chi connectivity index (χ3n) is 3.55. The molecule has 0 saturated heterocycles. The average Bonchev–Trinajstić information content (AvgIpc) is 3.05. The first-order valence-corrected chi connectivity index (χ1v) is 8.26. The standard InChI is InChI=1S/C17H21N3O2S/c1-12(16-8-5-9-23-16)20(3)17(22)18-11-14-6-4-7-15(10-14)19-13(2)21/h4-10,12H,11H2,1-3H3,(H,18,22)(H,19,21)/t12-/m0/s1. The zero-order valence-electron chi connectivity index (χ0n) is 13.5. The van der Waals surface area contributed by atoms with Crippen molar-refractivity contribution in [2.45, 2.75) is 26.4 Å². The van der Waals surface area contributed by atoms with Crippen LogP contribution in [0.2, 0.25) is 0 Å². The Morgan fingerprint density at radius 1 is 1.26 bits per heavy atom. The van der Waals surface area contributed by atoms with Gasteiger partial charge in [-0.15, -0.1) is 11.3 Å². The molecule has 6 heteroatoms. The van der Waals surface area contributed by atoms with E-state index >= 15 is 0 Å². The lowest BCUT2D eigenvalue weighted by molar-refractivity contribution is -0.114. The molecule has 0 aliphatic rings. The minimum Gasteiger partial charge on any atom is -0.334 e. The topological polar surface area (TPSA) is 61.4 Å². The van der Waals surface area contributed by atoms with Crippen molar-refractivity contribution < 1.29 is 9.59 Å². The summed E-state index contributed by atoms with van der Waals surface area (Å²) >= 11 is 1.64. The van der Waals surface area contributed by atoms with E-state index in [0.717, 1.165) is 16.1 Å². The van der Waals surface area contributed by atoms with E-state index in [0.29, 0.717) is 6.54 Å². The molecule has 1 aromatic carbocycles. The molecule has 0 unspecified atom stereocenters. The molecule has 2 N–H and O–H groups in total. The predicted octanol–water partition coefficient (Wildman–Crippen LogP) is 3.61. The molecule has 1 atom stereocenters. The van der Waals surface area contributed by atoms with Gasteiger partial charge >= 0.3 is 6.03 Å². The number of thiophene rings is 1. The molecule has 0 fully saturated rings. The summed E-state index contributed by atoms with van der Waals surface area (Å²) in [6, 6.07) is 11.3. The van der Waals surface area contributed by atoms with E-state index in [4.69, 9.17) is 0 Å². The summed E-state index contributed by atoms with van der Waals surface area (Å²) in [7, 11) is 1.79. The van der Waals surface area contributed by atoms with Crippen molar-refractivity contribution in [3.63, 3.8) is 0 Å². The minimum absolute atomic E-state index is 0.0284. The van der Waals surface area contributed by atoms with Crippen molar-refractivity contribution in [3.8, 4) is 0 Å². The van der Waals surface area contributed by atoms with Crippen molar-refractivity contribution in [3.05, 3.63) is 52.2 Å². The highest BCUT2D eigenvalue weighted by Gasteiger charge is 2.17. The van der Waals surface area contributed by atoms with E-state index in [1.807, 2.05) is 48.7 Å². The smallest absolute Gasteiger partial charge is 0.317 e. The van der Waals surface area contributed by atoms with Crippen LogP contribution in [0.4, 0.5) is 10.5 Å². The van der Waals surface area contributed by atoms with Crippen molar-refractivity contribution in [2.75, 3.05) is 12.4 Å². The van der Waals surface area contributed by atoms with E-state index in [9.17, 15) is 9.59 Å². The fourth-order valence-corrected chi connectivity index (χ4v) is 2.99. The SMILES string of the molecule is CC(=O)Nc1cccc(CNC(=O)N(C)[C@@H](C)c2cccs2)c1. The van der Waals surface area contributed by atoms with Crippen LogP contribution in [0.5, 0.6) is 0 Å². The van der Waals surface area contributed by atoms with Gasteiger partial charge in [-0.2, -0.15) is 0 Å². The summed E-state index contributed by atoms with van der Waals surface area (Å²) < 4.78 is 0. The van der Waals surface area contributed by atoms with Gasteiger partial charge in [0.1, 0.15) is 0 Å². The molecule has 0 radical (unpaired) electrons. The monoisotopic (exact) mass is 331 g/mol. The zero-order valence-corrected chi connectivity index (χ0v) is 14.3. The van der Waals surface area contributed by atoms with Gasteiger partial charge < -0.3 is 15.5 Å². The molecule has 1 aromatic heterocycles. The third-order valence-corrected chi connectivity index (χ3v) is 4.59. The van der Waals surface area contributed by atoms with Crippen LogP contribution in [0.25, 0.3) is 0 Å². The Kier molecular flexibility index (Phi) is 5.76. The van der Waals surface area contributed by atoms with E-state index < -0.39 is 0 Å². The first kappa shape index (κ1) is 17.0. The summed E-state index contributed by atoms with van der Waals surface area (Å²) in [6.07, 6.45) is 0. The second-order valence-electron chi connectivity index (χ2n) is 5.34. The lowest BCUT2D eigenvalue weighted by Gasteiger charge is -2.24. The highest BCUT2D eigenvalue weighted by atomic mass is 32.1. The zero-order chi connectivity index (χ0) is 16.8. The summed E-state index contributed by atoms with van der Waals surface area (Å²) in [5.41, 5.74) is 1.66. The lowest BCUT2D eigenvalue weighted by atomic mass is 10.2. The largest absolute Gasteiger partial charge is 0.334 e. The maximum Gasteiger partial charge on any atom is 0.317 e. The fourth-order valence-electron chi connectivity index (χ4n) is 2.16. The van der Waals surface area contributed by atoms with Crippen LogP contribution >= 0.6 is 11.3 Å². The number of carbonyl (C=O) groups excluding carboxylic acids is 2. The van der Waals surface area contributed by atoms with Crippen LogP contribution in [-0.2, 0) is 11.3 Å². The van der Waals surface area contributed by atoms with Gasteiger partial charge in [-0.1, -0.05) is 18.2 Å². The Bertz CT molecular complexity index is 670. The fraction of sp³-hybridized carbons (Fsp3) is 0.294. The van der Waals surface area contributed by atoms with E-state index in [1.54, 1.807) is 23.3 Å². The van der Waals surface area contributed by atoms with Gasteiger partial charge in [0.25, 0.3) is 0 Å².